The molecule has 0 saturated carbocycles. The highest BCUT2D eigenvalue weighted by molar-refractivity contribution is 5.94. The van der Waals surface area contributed by atoms with E-state index in [9.17, 15) is 0 Å². The molecule has 0 N–H and O–H groups in total. The van der Waals surface area contributed by atoms with E-state index in [0.717, 1.165) is 33.1 Å². The van der Waals surface area contributed by atoms with Gasteiger partial charge in [-0.05, 0) is 36.4 Å². The molecule has 0 atom stereocenters. The number of rotatable bonds is 0. The monoisotopic (exact) mass is 232 g/mol. The smallest absolute Gasteiger partial charge is 0.0917 e. The van der Waals surface area contributed by atoms with Crippen molar-refractivity contribution in [3.8, 4) is 0 Å². The molecule has 0 aliphatic heterocycles. The van der Waals surface area contributed by atoms with Crippen molar-refractivity contribution >= 4 is 33.1 Å². The Morgan fingerprint density at radius 1 is 0.556 bits per heavy atom. The minimum absolute atomic E-state index is 0.849. The van der Waals surface area contributed by atoms with Crippen LogP contribution in [0.1, 0.15) is 0 Å². The maximum Gasteiger partial charge on any atom is 0.0917 e. The van der Waals surface area contributed by atoms with Gasteiger partial charge in [-0.15, -0.1) is 0 Å². The first-order chi connectivity index (χ1) is 8.90. The van der Waals surface area contributed by atoms with Crippen LogP contribution in [0.25, 0.3) is 33.1 Å². The van der Waals surface area contributed by atoms with Crippen LogP contribution in [-0.2, 0) is 0 Å². The Balaban J connectivity index is 2.20. The molecule has 0 unspecified atom stereocenters. The van der Waals surface area contributed by atoms with Gasteiger partial charge in [-0.1, -0.05) is 0 Å². The third-order valence-corrected chi connectivity index (χ3v) is 2.92. The third kappa shape index (κ3) is 1.32. The van der Waals surface area contributed by atoms with E-state index in [-0.39, 0.29) is 0 Å². The molecule has 0 fully saturated rings. The molecule has 0 aliphatic carbocycles. The Bertz CT molecular complexity index is 742. The molecule has 4 aromatic rings. The highest BCUT2D eigenvalue weighted by Gasteiger charge is 2.04. The summed E-state index contributed by atoms with van der Waals surface area (Å²) < 4.78 is 0. The van der Waals surface area contributed by atoms with E-state index < -0.39 is 0 Å². The molecule has 0 bridgehead atoms. The summed E-state index contributed by atoms with van der Waals surface area (Å²) in [7, 11) is 0. The molecule has 18 heavy (non-hydrogen) atoms. The molecule has 4 heterocycles. The lowest BCUT2D eigenvalue weighted by atomic mass is 10.2. The van der Waals surface area contributed by atoms with E-state index in [2.05, 4.69) is 19.9 Å². The van der Waals surface area contributed by atoms with Crippen LogP contribution in [0.5, 0.6) is 0 Å². The first-order valence-electron chi connectivity index (χ1n) is 5.67. The standard InChI is InChI=1S/C14H8N4/c1-3-9-11(15-5-1)7-14-13(17-9)8-12-10(18-14)4-2-6-16-12/h1-8H. The molecular formula is C14H8N4. The molecule has 4 aromatic heterocycles. The lowest BCUT2D eigenvalue weighted by Gasteiger charge is -2.02. The van der Waals surface area contributed by atoms with Gasteiger partial charge in [0.05, 0.1) is 33.1 Å². The summed E-state index contributed by atoms with van der Waals surface area (Å²) in [5, 5.41) is 0. The van der Waals surface area contributed by atoms with Crippen LogP contribution >= 0.6 is 0 Å². The van der Waals surface area contributed by atoms with Crippen molar-refractivity contribution in [3.63, 3.8) is 0 Å². The van der Waals surface area contributed by atoms with Crippen LogP contribution in [0.15, 0.2) is 48.8 Å². The van der Waals surface area contributed by atoms with Crippen molar-refractivity contribution in [1.82, 2.24) is 19.9 Å². The van der Waals surface area contributed by atoms with Gasteiger partial charge in [0.15, 0.2) is 0 Å². The second-order valence-corrected chi connectivity index (χ2v) is 4.10. The van der Waals surface area contributed by atoms with Crippen molar-refractivity contribution in [2.24, 2.45) is 0 Å². The van der Waals surface area contributed by atoms with Gasteiger partial charge in [0, 0.05) is 12.4 Å². The number of hydrogen-bond donors (Lipinski definition) is 0. The van der Waals surface area contributed by atoms with Crippen molar-refractivity contribution in [3.05, 3.63) is 48.8 Å². The summed E-state index contributed by atoms with van der Waals surface area (Å²) in [6.45, 7) is 0. The Hall–Kier alpha value is -2.62. The maximum absolute atomic E-state index is 4.56. The topological polar surface area (TPSA) is 51.6 Å². The van der Waals surface area contributed by atoms with Crippen molar-refractivity contribution in [1.29, 1.82) is 0 Å². The van der Waals surface area contributed by atoms with Crippen molar-refractivity contribution < 1.29 is 0 Å². The predicted octanol–water partition coefficient (Wildman–Crippen LogP) is 2.73. The van der Waals surface area contributed by atoms with Gasteiger partial charge in [-0.25, -0.2) is 9.97 Å². The van der Waals surface area contributed by atoms with Crippen LogP contribution < -0.4 is 0 Å². The zero-order valence-corrected chi connectivity index (χ0v) is 9.41. The van der Waals surface area contributed by atoms with Gasteiger partial charge in [-0.2, -0.15) is 0 Å². The van der Waals surface area contributed by atoms with Crippen LogP contribution in [-0.4, -0.2) is 19.9 Å². The Kier molecular flexibility index (Phi) is 1.80. The van der Waals surface area contributed by atoms with E-state index in [1.165, 1.54) is 0 Å². The summed E-state index contributed by atoms with van der Waals surface area (Å²) >= 11 is 0. The van der Waals surface area contributed by atoms with Crippen molar-refractivity contribution in [2.45, 2.75) is 0 Å². The Morgan fingerprint density at radius 2 is 1.06 bits per heavy atom. The van der Waals surface area contributed by atoms with Gasteiger partial charge >= 0.3 is 0 Å². The first-order valence-corrected chi connectivity index (χ1v) is 5.67. The molecule has 84 valence electrons. The van der Waals surface area contributed by atoms with E-state index in [1.54, 1.807) is 12.4 Å². The number of nitrogens with zero attached hydrogens (tertiary/aromatic N) is 4. The molecule has 0 amide bonds. The normalized spacial score (nSPS) is 11.3. The quantitative estimate of drug-likeness (QED) is 0.437. The number of fused-ring (bicyclic) bond motifs is 3. The fourth-order valence-corrected chi connectivity index (χ4v) is 2.08. The van der Waals surface area contributed by atoms with E-state index >= 15 is 0 Å². The minimum Gasteiger partial charge on any atom is -0.255 e. The molecule has 0 aromatic carbocycles. The summed E-state index contributed by atoms with van der Waals surface area (Å²) in [4.78, 5) is 17.7. The van der Waals surface area contributed by atoms with Gasteiger partial charge in [-0.3, -0.25) is 9.97 Å². The van der Waals surface area contributed by atoms with Crippen LogP contribution in [0, 0.1) is 0 Å². The second-order valence-electron chi connectivity index (χ2n) is 4.10. The summed E-state index contributed by atoms with van der Waals surface area (Å²) in [5.74, 6) is 0. The fourth-order valence-electron chi connectivity index (χ4n) is 2.08. The molecule has 0 radical (unpaired) electrons. The van der Waals surface area contributed by atoms with Gasteiger partial charge in [0.1, 0.15) is 0 Å². The second kappa shape index (κ2) is 3.43. The average molecular weight is 232 g/mol. The van der Waals surface area contributed by atoms with Crippen LogP contribution in [0.2, 0.25) is 0 Å². The lowest BCUT2D eigenvalue weighted by molar-refractivity contribution is 1.34. The fraction of sp³-hybridized carbons (Fsp3) is 0. The predicted molar refractivity (Wildman–Crippen MR) is 70.1 cm³/mol. The Labute approximate surface area is 102 Å². The summed E-state index contributed by atoms with van der Waals surface area (Å²) in [6.07, 6.45) is 3.52. The third-order valence-electron chi connectivity index (χ3n) is 2.92. The molecule has 0 saturated heterocycles. The average Bonchev–Trinajstić information content (AvgIpc) is 2.42. The number of hydrogen-bond acceptors (Lipinski definition) is 4. The number of aromatic nitrogens is 4. The van der Waals surface area contributed by atoms with Gasteiger partial charge < -0.3 is 0 Å². The van der Waals surface area contributed by atoms with Crippen LogP contribution in [0.3, 0.4) is 0 Å². The van der Waals surface area contributed by atoms with Gasteiger partial charge in [0.25, 0.3) is 0 Å². The summed E-state index contributed by atoms with van der Waals surface area (Å²) in [6, 6.07) is 11.6. The highest BCUT2D eigenvalue weighted by Crippen LogP contribution is 2.19. The number of pyridine rings is 4. The Morgan fingerprint density at radius 3 is 1.56 bits per heavy atom. The molecule has 0 aliphatic rings. The molecule has 4 rings (SSSR count). The minimum atomic E-state index is 0.849. The van der Waals surface area contributed by atoms with Crippen LogP contribution in [0.4, 0.5) is 0 Å². The maximum atomic E-state index is 4.56. The first kappa shape index (κ1) is 9.41. The largest absolute Gasteiger partial charge is 0.255 e. The molecular weight excluding hydrogens is 224 g/mol. The SMILES string of the molecule is c1cnc2cc3nc4cccnc4cc3nc2c1. The van der Waals surface area contributed by atoms with E-state index in [0.29, 0.717) is 0 Å². The lowest BCUT2D eigenvalue weighted by Crippen LogP contribution is -1.89. The highest BCUT2D eigenvalue weighted by atomic mass is 14.8. The molecule has 4 nitrogen and oxygen atoms in total. The zero-order valence-electron chi connectivity index (χ0n) is 9.41. The van der Waals surface area contributed by atoms with E-state index in [1.807, 2.05) is 36.4 Å². The summed E-state index contributed by atoms with van der Waals surface area (Å²) in [5.41, 5.74) is 5.18. The molecule has 0 spiro atoms. The molecule has 4 heteroatoms. The van der Waals surface area contributed by atoms with E-state index in [4.69, 9.17) is 0 Å². The van der Waals surface area contributed by atoms with Crippen molar-refractivity contribution in [2.75, 3.05) is 0 Å². The zero-order chi connectivity index (χ0) is 11.9. The van der Waals surface area contributed by atoms with Gasteiger partial charge in [0.2, 0.25) is 0 Å².